The van der Waals surface area contributed by atoms with Crippen molar-refractivity contribution in [2.24, 2.45) is 0 Å². The Bertz CT molecular complexity index is 874. The van der Waals surface area contributed by atoms with E-state index in [4.69, 9.17) is 4.74 Å². The maximum Gasteiger partial charge on any atom is 0.305 e. The SMILES string of the molecule is COc1ccc(CCNCCc2ccc(O)c3[nH]c(=O)sc23)cc1.Cl. The Balaban J connectivity index is 0.00000225. The number of fused-ring (bicyclic) bond motifs is 1. The predicted molar refractivity (Wildman–Crippen MR) is 105 cm³/mol. The number of aromatic amines is 1. The minimum Gasteiger partial charge on any atom is -0.506 e. The van der Waals surface area contributed by atoms with Gasteiger partial charge in [-0.1, -0.05) is 29.5 Å². The topological polar surface area (TPSA) is 74.3 Å². The highest BCUT2D eigenvalue weighted by Gasteiger charge is 2.09. The van der Waals surface area contributed by atoms with E-state index in [0.717, 1.165) is 53.3 Å². The molecular formula is C18H21ClN2O3S. The number of phenolic OH excluding ortho intramolecular Hbond substituents is 1. The first-order chi connectivity index (χ1) is 11.7. The fourth-order valence-electron chi connectivity index (χ4n) is 2.64. The molecule has 134 valence electrons. The van der Waals surface area contributed by atoms with Crippen LogP contribution in [-0.4, -0.2) is 30.3 Å². The van der Waals surface area contributed by atoms with Crippen molar-refractivity contribution in [1.29, 1.82) is 0 Å². The number of halogens is 1. The molecule has 0 spiro atoms. The van der Waals surface area contributed by atoms with Gasteiger partial charge in [0.2, 0.25) is 0 Å². The number of hydrogen-bond donors (Lipinski definition) is 3. The zero-order valence-corrected chi connectivity index (χ0v) is 15.5. The van der Waals surface area contributed by atoms with Crippen molar-refractivity contribution in [1.82, 2.24) is 10.3 Å². The molecule has 0 unspecified atom stereocenters. The Morgan fingerprint density at radius 3 is 2.56 bits per heavy atom. The molecule has 0 fully saturated rings. The molecule has 1 aromatic heterocycles. The van der Waals surface area contributed by atoms with Crippen LogP contribution in [0.15, 0.2) is 41.2 Å². The number of aromatic nitrogens is 1. The second kappa shape index (κ2) is 8.89. The number of methoxy groups -OCH3 is 1. The minimum absolute atomic E-state index is 0. The van der Waals surface area contributed by atoms with E-state index in [1.807, 2.05) is 18.2 Å². The molecule has 5 nitrogen and oxygen atoms in total. The standard InChI is InChI=1S/C18H20N2O3S.ClH/c1-23-14-5-2-12(3-6-14)8-10-19-11-9-13-4-7-15(21)16-17(13)24-18(22)20-16;/h2-7,19,21H,8-11H2,1H3,(H,20,22);1H. The average Bonchev–Trinajstić information content (AvgIpc) is 2.99. The highest BCUT2D eigenvalue weighted by atomic mass is 35.5. The molecule has 0 radical (unpaired) electrons. The lowest BCUT2D eigenvalue weighted by Crippen LogP contribution is -2.20. The highest BCUT2D eigenvalue weighted by molar-refractivity contribution is 7.16. The van der Waals surface area contributed by atoms with Crippen LogP contribution >= 0.6 is 23.7 Å². The minimum atomic E-state index is -0.139. The molecule has 0 bridgehead atoms. The number of thiazole rings is 1. The van der Waals surface area contributed by atoms with E-state index in [1.54, 1.807) is 13.2 Å². The molecule has 0 saturated carbocycles. The number of benzene rings is 2. The Morgan fingerprint density at radius 2 is 1.84 bits per heavy atom. The van der Waals surface area contributed by atoms with Crippen LogP contribution in [0.3, 0.4) is 0 Å². The molecule has 3 aromatic rings. The van der Waals surface area contributed by atoms with Gasteiger partial charge < -0.3 is 20.1 Å². The summed E-state index contributed by atoms with van der Waals surface area (Å²) < 4.78 is 5.99. The van der Waals surface area contributed by atoms with Gasteiger partial charge in [0.25, 0.3) is 0 Å². The van der Waals surface area contributed by atoms with Crippen molar-refractivity contribution in [2.75, 3.05) is 20.2 Å². The third-order valence-corrected chi connectivity index (χ3v) is 4.92. The number of phenols is 1. The summed E-state index contributed by atoms with van der Waals surface area (Å²) in [7, 11) is 1.66. The fourth-order valence-corrected chi connectivity index (χ4v) is 3.54. The van der Waals surface area contributed by atoms with E-state index in [0.29, 0.717) is 5.52 Å². The molecular weight excluding hydrogens is 360 g/mol. The van der Waals surface area contributed by atoms with Crippen LogP contribution in [0.4, 0.5) is 0 Å². The van der Waals surface area contributed by atoms with E-state index in [-0.39, 0.29) is 23.0 Å². The van der Waals surface area contributed by atoms with Crippen LogP contribution in [0.25, 0.3) is 10.2 Å². The molecule has 0 aliphatic rings. The van der Waals surface area contributed by atoms with Crippen LogP contribution < -0.4 is 14.9 Å². The number of ether oxygens (including phenoxy) is 1. The Hall–Kier alpha value is -2.02. The second-order valence-electron chi connectivity index (χ2n) is 5.56. The smallest absolute Gasteiger partial charge is 0.305 e. The highest BCUT2D eigenvalue weighted by Crippen LogP contribution is 2.27. The monoisotopic (exact) mass is 380 g/mol. The summed E-state index contributed by atoms with van der Waals surface area (Å²) in [6.07, 6.45) is 1.76. The summed E-state index contributed by atoms with van der Waals surface area (Å²) in [5.74, 6) is 0.994. The Kier molecular flexibility index (Phi) is 6.87. The molecule has 0 aliphatic carbocycles. The lowest BCUT2D eigenvalue weighted by atomic mass is 10.1. The Labute approximate surface area is 156 Å². The zero-order valence-electron chi connectivity index (χ0n) is 13.9. The molecule has 3 rings (SSSR count). The van der Waals surface area contributed by atoms with E-state index >= 15 is 0 Å². The van der Waals surface area contributed by atoms with Crippen molar-refractivity contribution < 1.29 is 9.84 Å². The van der Waals surface area contributed by atoms with Gasteiger partial charge in [-0.25, -0.2) is 0 Å². The average molecular weight is 381 g/mol. The molecule has 0 amide bonds. The summed E-state index contributed by atoms with van der Waals surface area (Å²) in [5, 5.41) is 13.2. The van der Waals surface area contributed by atoms with Crippen LogP contribution in [-0.2, 0) is 12.8 Å². The van der Waals surface area contributed by atoms with Gasteiger partial charge in [-0.3, -0.25) is 4.79 Å². The predicted octanol–water partition coefficient (Wildman–Crippen LogP) is 3.10. The van der Waals surface area contributed by atoms with E-state index in [9.17, 15) is 9.90 Å². The van der Waals surface area contributed by atoms with Crippen molar-refractivity contribution in [2.45, 2.75) is 12.8 Å². The van der Waals surface area contributed by atoms with Gasteiger partial charge in [-0.2, -0.15) is 0 Å². The summed E-state index contributed by atoms with van der Waals surface area (Å²) in [5.41, 5.74) is 2.88. The van der Waals surface area contributed by atoms with Gasteiger partial charge in [-0.05, 0) is 55.3 Å². The van der Waals surface area contributed by atoms with Gasteiger partial charge in [0.15, 0.2) is 0 Å². The maximum atomic E-state index is 11.5. The molecule has 1 heterocycles. The summed E-state index contributed by atoms with van der Waals surface area (Å²) in [6.45, 7) is 1.71. The number of nitrogens with one attached hydrogen (secondary N) is 2. The molecule has 0 atom stereocenters. The third kappa shape index (κ3) is 4.75. The third-order valence-electron chi connectivity index (χ3n) is 3.96. The van der Waals surface area contributed by atoms with Gasteiger partial charge in [-0.15, -0.1) is 12.4 Å². The number of rotatable bonds is 7. The molecule has 0 saturated heterocycles. The van der Waals surface area contributed by atoms with Crippen molar-refractivity contribution in [3.63, 3.8) is 0 Å². The lowest BCUT2D eigenvalue weighted by molar-refractivity contribution is 0.414. The maximum absolute atomic E-state index is 11.5. The van der Waals surface area contributed by atoms with Gasteiger partial charge in [0.05, 0.1) is 11.8 Å². The largest absolute Gasteiger partial charge is 0.506 e. The zero-order chi connectivity index (χ0) is 16.9. The lowest BCUT2D eigenvalue weighted by Gasteiger charge is -2.07. The first-order valence-electron chi connectivity index (χ1n) is 7.84. The first kappa shape index (κ1) is 19.3. The van der Waals surface area contributed by atoms with Crippen molar-refractivity contribution >= 4 is 34.0 Å². The van der Waals surface area contributed by atoms with E-state index in [2.05, 4.69) is 22.4 Å². The van der Waals surface area contributed by atoms with Crippen molar-refractivity contribution in [3.8, 4) is 11.5 Å². The molecule has 25 heavy (non-hydrogen) atoms. The Morgan fingerprint density at radius 1 is 1.12 bits per heavy atom. The number of hydrogen-bond acceptors (Lipinski definition) is 5. The second-order valence-corrected chi connectivity index (χ2v) is 6.54. The van der Waals surface area contributed by atoms with Gasteiger partial charge in [0, 0.05) is 0 Å². The van der Waals surface area contributed by atoms with Gasteiger partial charge >= 0.3 is 4.87 Å². The molecule has 2 aromatic carbocycles. The normalized spacial score (nSPS) is 10.6. The molecule has 3 N–H and O–H groups in total. The number of H-pyrrole nitrogens is 1. The first-order valence-corrected chi connectivity index (χ1v) is 8.66. The summed E-state index contributed by atoms with van der Waals surface area (Å²) in [6, 6.07) is 11.6. The summed E-state index contributed by atoms with van der Waals surface area (Å²) in [4.78, 5) is 14.0. The van der Waals surface area contributed by atoms with Crippen LogP contribution in [0.2, 0.25) is 0 Å². The van der Waals surface area contributed by atoms with Crippen LogP contribution in [0, 0.1) is 0 Å². The van der Waals surface area contributed by atoms with Crippen LogP contribution in [0.5, 0.6) is 11.5 Å². The van der Waals surface area contributed by atoms with Crippen molar-refractivity contribution in [3.05, 3.63) is 57.2 Å². The molecule has 0 aliphatic heterocycles. The van der Waals surface area contributed by atoms with E-state index in [1.165, 1.54) is 5.56 Å². The quantitative estimate of drug-likeness (QED) is 0.550. The number of aromatic hydroxyl groups is 1. The van der Waals surface area contributed by atoms with Gasteiger partial charge in [0.1, 0.15) is 17.0 Å². The summed E-state index contributed by atoms with van der Waals surface area (Å²) >= 11 is 1.15. The van der Waals surface area contributed by atoms with Crippen LogP contribution in [0.1, 0.15) is 11.1 Å². The fraction of sp³-hybridized carbons (Fsp3) is 0.278. The van der Waals surface area contributed by atoms with E-state index < -0.39 is 0 Å². The molecule has 7 heteroatoms.